The van der Waals surface area contributed by atoms with Crippen LogP contribution in [-0.4, -0.2) is 19.1 Å². The van der Waals surface area contributed by atoms with Crippen LogP contribution in [0, 0.1) is 0 Å². The van der Waals surface area contributed by atoms with Crippen LogP contribution in [0.1, 0.15) is 0 Å². The zero-order valence-electron chi connectivity index (χ0n) is 28.4. The predicted octanol–water partition coefficient (Wildman–Crippen LogP) is 12.5. The number of furan rings is 1. The first kappa shape index (κ1) is 28.5. The summed E-state index contributed by atoms with van der Waals surface area (Å²) in [5.41, 5.74) is 10.0. The third-order valence-corrected chi connectivity index (χ3v) is 10.9. The first-order chi connectivity index (χ1) is 26.3. The van der Waals surface area contributed by atoms with Gasteiger partial charge >= 0.3 is 0 Å². The molecular weight excluding hydrogens is 649 g/mol. The third-order valence-electron chi connectivity index (χ3n) is 10.9. The fourth-order valence-corrected chi connectivity index (χ4v) is 8.70. The molecule has 4 heterocycles. The molecule has 0 bridgehead atoms. The van der Waals surface area contributed by atoms with Crippen LogP contribution in [0.4, 0.5) is 0 Å². The van der Waals surface area contributed by atoms with Crippen molar-refractivity contribution in [2.75, 3.05) is 0 Å². The first-order valence-corrected chi connectivity index (χ1v) is 17.9. The van der Waals surface area contributed by atoms with Crippen LogP contribution in [-0.2, 0) is 0 Å². The van der Waals surface area contributed by atoms with Gasteiger partial charge in [0.05, 0.1) is 38.7 Å². The molecular formula is C48H28N4O. The normalized spacial score (nSPS) is 12.2. The number of para-hydroxylation sites is 4. The Hall–Kier alpha value is -7.24. The maximum absolute atomic E-state index is 6.83. The molecule has 246 valence electrons. The Morgan fingerprint density at radius 2 is 1.06 bits per heavy atom. The van der Waals surface area contributed by atoms with Crippen LogP contribution in [0.5, 0.6) is 0 Å². The lowest BCUT2D eigenvalue weighted by molar-refractivity contribution is 0.673. The Bertz CT molecular complexity index is 3450. The Labute approximate surface area is 302 Å². The van der Waals surface area contributed by atoms with Crippen molar-refractivity contribution in [2.45, 2.75) is 0 Å². The summed E-state index contributed by atoms with van der Waals surface area (Å²) < 4.78 is 11.4. The monoisotopic (exact) mass is 676 g/mol. The Balaban J connectivity index is 1.28. The molecule has 0 saturated carbocycles. The van der Waals surface area contributed by atoms with E-state index in [0.717, 1.165) is 88.0 Å². The number of aromatic nitrogens is 4. The van der Waals surface area contributed by atoms with E-state index in [1.165, 1.54) is 16.2 Å². The van der Waals surface area contributed by atoms with Gasteiger partial charge in [0.1, 0.15) is 11.2 Å². The van der Waals surface area contributed by atoms with Crippen molar-refractivity contribution in [1.29, 1.82) is 0 Å². The van der Waals surface area contributed by atoms with Gasteiger partial charge in [-0.3, -0.25) is 4.57 Å². The Kier molecular flexibility index (Phi) is 5.71. The highest BCUT2D eigenvalue weighted by atomic mass is 16.3. The van der Waals surface area contributed by atoms with Crippen LogP contribution in [0.2, 0.25) is 0 Å². The topological polar surface area (TPSA) is 48.8 Å². The minimum Gasteiger partial charge on any atom is -0.455 e. The van der Waals surface area contributed by atoms with Gasteiger partial charge in [-0.15, -0.1) is 0 Å². The van der Waals surface area contributed by atoms with Gasteiger partial charge in [-0.25, -0.2) is 9.97 Å². The van der Waals surface area contributed by atoms with Crippen molar-refractivity contribution in [3.63, 3.8) is 0 Å². The van der Waals surface area contributed by atoms with Gasteiger partial charge in [0.2, 0.25) is 5.95 Å². The highest BCUT2D eigenvalue weighted by molar-refractivity contribution is 6.34. The summed E-state index contributed by atoms with van der Waals surface area (Å²) in [6, 6.07) is 59.8. The molecule has 0 N–H and O–H groups in total. The number of fused-ring (bicyclic) bond motifs is 13. The molecule has 0 aliphatic carbocycles. The molecule has 0 spiro atoms. The van der Waals surface area contributed by atoms with Crippen LogP contribution in [0.3, 0.4) is 0 Å². The number of hydrogen-bond donors (Lipinski definition) is 0. The van der Waals surface area contributed by atoms with Crippen LogP contribution in [0.25, 0.3) is 110 Å². The van der Waals surface area contributed by atoms with Gasteiger partial charge in [0.25, 0.3) is 0 Å². The SMILES string of the molecule is c1ccc(-n2c3ccccc3c3c4c5c6oc7ccccc7c6ccc5n(-c5nc(-c6cccc7ccccc67)c6ccccc6n5)c4ccc32)cc1. The maximum atomic E-state index is 6.83. The summed E-state index contributed by atoms with van der Waals surface area (Å²) in [7, 11) is 0. The summed E-state index contributed by atoms with van der Waals surface area (Å²) in [6.07, 6.45) is 0. The average Bonchev–Trinajstić information content (AvgIpc) is 3.88. The molecule has 53 heavy (non-hydrogen) atoms. The van der Waals surface area contributed by atoms with Crippen LogP contribution < -0.4 is 0 Å². The minimum atomic E-state index is 0.619. The second-order valence-corrected chi connectivity index (χ2v) is 13.7. The molecule has 8 aromatic carbocycles. The Morgan fingerprint density at radius 3 is 1.94 bits per heavy atom. The van der Waals surface area contributed by atoms with Crippen molar-refractivity contribution >= 4 is 87.2 Å². The lowest BCUT2D eigenvalue weighted by atomic mass is 9.99. The van der Waals surface area contributed by atoms with Crippen molar-refractivity contribution in [3.8, 4) is 22.9 Å². The molecule has 0 saturated heterocycles. The lowest BCUT2D eigenvalue weighted by Crippen LogP contribution is -2.03. The fourth-order valence-electron chi connectivity index (χ4n) is 8.70. The molecule has 5 heteroatoms. The smallest absolute Gasteiger partial charge is 0.235 e. The van der Waals surface area contributed by atoms with Crippen molar-refractivity contribution < 1.29 is 4.42 Å². The molecule has 0 unspecified atom stereocenters. The van der Waals surface area contributed by atoms with Gasteiger partial charge in [-0.1, -0.05) is 115 Å². The first-order valence-electron chi connectivity index (χ1n) is 17.9. The zero-order valence-corrected chi connectivity index (χ0v) is 28.4. The molecule has 0 fully saturated rings. The number of rotatable bonds is 3. The van der Waals surface area contributed by atoms with Crippen molar-refractivity contribution in [1.82, 2.24) is 19.1 Å². The van der Waals surface area contributed by atoms with E-state index >= 15 is 0 Å². The van der Waals surface area contributed by atoms with Crippen molar-refractivity contribution in [2.24, 2.45) is 0 Å². The van der Waals surface area contributed by atoms with Gasteiger partial charge < -0.3 is 8.98 Å². The fraction of sp³-hybridized carbons (Fsp3) is 0. The van der Waals surface area contributed by atoms with Gasteiger partial charge in [-0.05, 0) is 65.4 Å². The van der Waals surface area contributed by atoms with E-state index in [9.17, 15) is 0 Å². The van der Waals surface area contributed by atoms with E-state index in [0.29, 0.717) is 5.95 Å². The van der Waals surface area contributed by atoms with Gasteiger partial charge in [0, 0.05) is 43.6 Å². The maximum Gasteiger partial charge on any atom is 0.235 e. The summed E-state index contributed by atoms with van der Waals surface area (Å²) >= 11 is 0. The Morgan fingerprint density at radius 1 is 0.396 bits per heavy atom. The molecule has 4 aromatic heterocycles. The number of nitrogens with zero attached hydrogens (tertiary/aromatic N) is 4. The second-order valence-electron chi connectivity index (χ2n) is 13.7. The molecule has 0 atom stereocenters. The highest BCUT2D eigenvalue weighted by Crippen LogP contribution is 2.46. The third kappa shape index (κ3) is 3.91. The lowest BCUT2D eigenvalue weighted by Gasteiger charge is -2.13. The molecule has 5 nitrogen and oxygen atoms in total. The van der Waals surface area contributed by atoms with E-state index in [-0.39, 0.29) is 0 Å². The predicted molar refractivity (Wildman–Crippen MR) is 218 cm³/mol. The second kappa shape index (κ2) is 10.6. The van der Waals surface area contributed by atoms with Gasteiger partial charge in [0.15, 0.2) is 0 Å². The summed E-state index contributed by atoms with van der Waals surface area (Å²) in [6.45, 7) is 0. The molecule has 12 rings (SSSR count). The molecule has 0 aliphatic rings. The quantitative estimate of drug-likeness (QED) is 0.187. The van der Waals surface area contributed by atoms with E-state index in [1.807, 2.05) is 6.07 Å². The van der Waals surface area contributed by atoms with E-state index in [1.54, 1.807) is 0 Å². The van der Waals surface area contributed by atoms with Crippen molar-refractivity contribution in [3.05, 3.63) is 170 Å². The van der Waals surface area contributed by atoms with E-state index < -0.39 is 0 Å². The summed E-state index contributed by atoms with van der Waals surface area (Å²) in [5, 5.41) is 10.1. The summed E-state index contributed by atoms with van der Waals surface area (Å²) in [5.74, 6) is 0.619. The van der Waals surface area contributed by atoms with E-state index in [2.05, 4.69) is 173 Å². The molecule has 0 amide bonds. The molecule has 12 aromatic rings. The standard InChI is InChI=1S/C48H28N4O/c1-2-15-30(16-3-1)51-38-23-10-7-20-36(38)43-39(51)27-28-40-44(43)45-41(26-25-34-32-18-8-11-24-42(32)53-47(34)45)52(40)48-49-37-22-9-6-19-35(37)46(50-48)33-21-12-14-29-13-4-5-17-31(29)33/h1-28H. The number of benzene rings is 8. The zero-order chi connectivity index (χ0) is 34.6. The number of hydrogen-bond acceptors (Lipinski definition) is 3. The largest absolute Gasteiger partial charge is 0.455 e. The van der Waals surface area contributed by atoms with E-state index in [4.69, 9.17) is 14.4 Å². The molecule has 0 aliphatic heterocycles. The highest BCUT2D eigenvalue weighted by Gasteiger charge is 2.25. The summed E-state index contributed by atoms with van der Waals surface area (Å²) in [4.78, 5) is 10.8. The van der Waals surface area contributed by atoms with Crippen LogP contribution >= 0.6 is 0 Å². The average molecular weight is 677 g/mol. The minimum absolute atomic E-state index is 0.619. The molecule has 0 radical (unpaired) electrons. The van der Waals surface area contributed by atoms with Crippen LogP contribution in [0.15, 0.2) is 174 Å². The van der Waals surface area contributed by atoms with Gasteiger partial charge in [-0.2, -0.15) is 0 Å².